The van der Waals surface area contributed by atoms with E-state index in [2.05, 4.69) is 0 Å². The maximum Gasteiger partial charge on any atom is 0.338 e. The van der Waals surface area contributed by atoms with Gasteiger partial charge in [-0.25, -0.2) is 9.59 Å². The van der Waals surface area contributed by atoms with Crippen molar-refractivity contribution in [2.75, 3.05) is 0 Å². The summed E-state index contributed by atoms with van der Waals surface area (Å²) in [7, 11) is 0. The van der Waals surface area contributed by atoms with Gasteiger partial charge in [0.15, 0.2) is 0 Å². The number of hydrogen-bond donors (Lipinski definition) is 0. The molecule has 94 valence electrons. The van der Waals surface area contributed by atoms with Gasteiger partial charge < -0.3 is 14.2 Å². The maximum atomic E-state index is 11.6. The highest BCUT2D eigenvalue weighted by Gasteiger charge is 2.40. The molecule has 0 spiro atoms. The van der Waals surface area contributed by atoms with Crippen LogP contribution in [0.15, 0.2) is 35.6 Å². The fourth-order valence-corrected chi connectivity index (χ4v) is 2.24. The third-order valence-corrected chi connectivity index (χ3v) is 3.25. The van der Waals surface area contributed by atoms with E-state index >= 15 is 0 Å². The van der Waals surface area contributed by atoms with Gasteiger partial charge in [-0.05, 0) is 19.4 Å². The number of esters is 2. The Balaban J connectivity index is 1.70. The molecule has 0 N–H and O–H groups in total. The van der Waals surface area contributed by atoms with Gasteiger partial charge in [0.25, 0.3) is 6.29 Å². The molecule has 1 saturated heterocycles. The molecule has 0 radical (unpaired) electrons. The van der Waals surface area contributed by atoms with Gasteiger partial charge in [0.05, 0.1) is 11.8 Å². The third kappa shape index (κ3) is 1.72. The average molecular weight is 248 g/mol. The molecule has 1 aliphatic carbocycles. The highest BCUT2D eigenvalue weighted by atomic mass is 16.7. The molecule has 3 aliphatic rings. The van der Waals surface area contributed by atoms with E-state index in [0.29, 0.717) is 11.1 Å². The average Bonchev–Trinajstić information content (AvgIpc) is 2.94. The lowest BCUT2D eigenvalue weighted by molar-refractivity contribution is -0.152. The second kappa shape index (κ2) is 4.01. The zero-order chi connectivity index (χ0) is 12.7. The van der Waals surface area contributed by atoms with Gasteiger partial charge in [-0.15, -0.1) is 0 Å². The smallest absolute Gasteiger partial charge is 0.338 e. The normalized spacial score (nSPS) is 35.5. The largest absolute Gasteiger partial charge is 0.458 e. The third-order valence-electron chi connectivity index (χ3n) is 3.25. The molecule has 5 nitrogen and oxygen atoms in total. The van der Waals surface area contributed by atoms with Gasteiger partial charge in [-0.3, -0.25) is 0 Å². The quantitative estimate of drug-likeness (QED) is 0.318. The summed E-state index contributed by atoms with van der Waals surface area (Å²) in [4.78, 5) is 22.7. The predicted octanol–water partition coefficient (Wildman–Crippen LogP) is 1.22. The summed E-state index contributed by atoms with van der Waals surface area (Å²) in [5.74, 6) is -0.730. The number of carbonyl (C=O) groups is 2. The van der Waals surface area contributed by atoms with Crippen LogP contribution in [0.4, 0.5) is 0 Å². The van der Waals surface area contributed by atoms with E-state index in [9.17, 15) is 9.59 Å². The molecule has 0 saturated carbocycles. The van der Waals surface area contributed by atoms with Crippen LogP contribution in [-0.4, -0.2) is 24.3 Å². The molecular weight excluding hydrogens is 236 g/mol. The molecule has 5 heteroatoms. The summed E-state index contributed by atoms with van der Waals surface area (Å²) in [6.45, 7) is 1.65. The minimum Gasteiger partial charge on any atom is -0.458 e. The monoisotopic (exact) mass is 248 g/mol. The summed E-state index contributed by atoms with van der Waals surface area (Å²) >= 11 is 0. The first kappa shape index (κ1) is 11.1. The van der Waals surface area contributed by atoms with E-state index in [1.165, 1.54) is 6.26 Å². The Morgan fingerprint density at radius 1 is 1.33 bits per heavy atom. The van der Waals surface area contributed by atoms with Gasteiger partial charge in [-0.2, -0.15) is 0 Å². The zero-order valence-electron chi connectivity index (χ0n) is 9.79. The van der Waals surface area contributed by atoms with Crippen molar-refractivity contribution in [2.45, 2.75) is 25.7 Å². The van der Waals surface area contributed by atoms with Crippen LogP contribution < -0.4 is 0 Å². The Kier molecular flexibility index (Phi) is 2.47. The molecule has 0 aromatic heterocycles. The molecule has 2 heterocycles. The Hall–Kier alpha value is -2.04. The Bertz CT molecular complexity index is 500. The number of cyclic esters (lactones) is 1. The predicted molar refractivity (Wildman–Crippen MR) is 59.9 cm³/mol. The van der Waals surface area contributed by atoms with Crippen LogP contribution in [0.3, 0.4) is 0 Å². The maximum absolute atomic E-state index is 11.6. The molecular formula is C13H12O5. The molecule has 0 aromatic rings. The van der Waals surface area contributed by atoms with Crippen molar-refractivity contribution in [2.24, 2.45) is 5.92 Å². The minimum atomic E-state index is -0.744. The standard InChI is InChI=1S/C13H12O5/c1-7-5-11(18-12(7)14)16-6-9-8-3-2-4-10(8)17-13(9)15/h2,4-6,8,10-11H,3H2,1H3/b9-6+/t8-,10-,11+/m0/s1. The second-order valence-electron chi connectivity index (χ2n) is 4.47. The van der Waals surface area contributed by atoms with Gasteiger partial charge in [0.1, 0.15) is 6.10 Å². The number of carbonyl (C=O) groups excluding carboxylic acids is 2. The van der Waals surface area contributed by atoms with Gasteiger partial charge >= 0.3 is 11.9 Å². The van der Waals surface area contributed by atoms with Gasteiger partial charge in [0.2, 0.25) is 0 Å². The van der Waals surface area contributed by atoms with Crippen LogP contribution in [-0.2, 0) is 23.8 Å². The number of ether oxygens (including phenoxy) is 3. The number of fused-ring (bicyclic) bond motifs is 1. The van der Waals surface area contributed by atoms with E-state index in [-0.39, 0.29) is 18.0 Å². The van der Waals surface area contributed by atoms with E-state index in [1.807, 2.05) is 12.2 Å². The lowest BCUT2D eigenvalue weighted by atomic mass is 9.99. The Morgan fingerprint density at radius 3 is 2.89 bits per heavy atom. The highest BCUT2D eigenvalue weighted by Crippen LogP contribution is 2.36. The summed E-state index contributed by atoms with van der Waals surface area (Å²) in [5, 5.41) is 0. The van der Waals surface area contributed by atoms with E-state index in [0.717, 1.165) is 6.42 Å². The Morgan fingerprint density at radius 2 is 2.17 bits per heavy atom. The van der Waals surface area contributed by atoms with Crippen molar-refractivity contribution < 1.29 is 23.8 Å². The molecule has 0 amide bonds. The molecule has 1 fully saturated rings. The minimum absolute atomic E-state index is 0.0275. The molecule has 0 aromatic carbocycles. The fraction of sp³-hybridized carbons (Fsp3) is 0.385. The Labute approximate surface area is 104 Å². The second-order valence-corrected chi connectivity index (χ2v) is 4.47. The first-order chi connectivity index (χ1) is 8.65. The highest BCUT2D eigenvalue weighted by molar-refractivity contribution is 5.92. The number of rotatable bonds is 2. The summed E-state index contributed by atoms with van der Waals surface area (Å²) < 4.78 is 15.4. The van der Waals surface area contributed by atoms with Crippen LogP contribution in [0.2, 0.25) is 0 Å². The first-order valence-corrected chi connectivity index (χ1v) is 5.78. The molecule has 2 aliphatic heterocycles. The van der Waals surface area contributed by atoms with Crippen molar-refractivity contribution in [3.8, 4) is 0 Å². The summed E-state index contributed by atoms with van der Waals surface area (Å²) in [5.41, 5.74) is 1.01. The van der Waals surface area contributed by atoms with Crippen LogP contribution in [0.1, 0.15) is 13.3 Å². The van der Waals surface area contributed by atoms with Crippen molar-refractivity contribution in [1.82, 2.24) is 0 Å². The lowest BCUT2D eigenvalue weighted by Gasteiger charge is -2.09. The molecule has 0 unspecified atom stereocenters. The number of allylic oxidation sites excluding steroid dienone is 1. The molecule has 18 heavy (non-hydrogen) atoms. The van der Waals surface area contributed by atoms with Crippen LogP contribution in [0.25, 0.3) is 0 Å². The van der Waals surface area contributed by atoms with Crippen molar-refractivity contribution in [3.63, 3.8) is 0 Å². The lowest BCUT2D eigenvalue weighted by Crippen LogP contribution is -2.12. The van der Waals surface area contributed by atoms with Crippen molar-refractivity contribution >= 4 is 11.9 Å². The molecule has 3 rings (SSSR count). The van der Waals surface area contributed by atoms with Crippen LogP contribution in [0.5, 0.6) is 0 Å². The zero-order valence-corrected chi connectivity index (χ0v) is 9.79. The fourth-order valence-electron chi connectivity index (χ4n) is 2.24. The van der Waals surface area contributed by atoms with E-state index in [1.54, 1.807) is 13.0 Å². The first-order valence-electron chi connectivity index (χ1n) is 5.78. The van der Waals surface area contributed by atoms with Crippen LogP contribution >= 0.6 is 0 Å². The van der Waals surface area contributed by atoms with Crippen molar-refractivity contribution in [1.29, 1.82) is 0 Å². The van der Waals surface area contributed by atoms with E-state index in [4.69, 9.17) is 14.2 Å². The van der Waals surface area contributed by atoms with E-state index < -0.39 is 12.3 Å². The summed E-state index contributed by atoms with van der Waals surface area (Å²) in [6.07, 6.45) is 6.64. The molecule has 3 atom stereocenters. The van der Waals surface area contributed by atoms with Gasteiger partial charge in [-0.1, -0.05) is 6.08 Å². The SMILES string of the molecule is CC1=C[C@H](O/C=C2/C(=O)O[C@H]3C=CC[C@@H]23)OC1=O. The van der Waals surface area contributed by atoms with Crippen LogP contribution in [0, 0.1) is 5.92 Å². The molecule has 0 bridgehead atoms. The summed E-state index contributed by atoms with van der Waals surface area (Å²) in [6, 6.07) is 0. The number of hydrogen-bond acceptors (Lipinski definition) is 5. The van der Waals surface area contributed by atoms with Crippen molar-refractivity contribution in [3.05, 3.63) is 35.6 Å². The topological polar surface area (TPSA) is 61.8 Å². The van der Waals surface area contributed by atoms with Gasteiger partial charge in [0, 0.05) is 17.6 Å².